The minimum Gasteiger partial charge on any atom is -0.491 e. The molecule has 0 aromatic heterocycles. The first kappa shape index (κ1) is 18.7. The van der Waals surface area contributed by atoms with Gasteiger partial charge in [-0.25, -0.2) is 4.79 Å². The predicted molar refractivity (Wildman–Crippen MR) is 90.5 cm³/mol. The number of hydrogen-bond donors (Lipinski definition) is 0. The summed E-state index contributed by atoms with van der Waals surface area (Å²) in [6.45, 7) is 8.72. The van der Waals surface area contributed by atoms with Crippen molar-refractivity contribution in [1.29, 1.82) is 0 Å². The van der Waals surface area contributed by atoms with E-state index in [0.29, 0.717) is 31.1 Å². The van der Waals surface area contributed by atoms with Crippen molar-refractivity contribution in [3.05, 3.63) is 29.8 Å². The Morgan fingerprint density at radius 2 is 1.79 bits per heavy atom. The van der Waals surface area contributed by atoms with Crippen LogP contribution in [0.4, 0.5) is 0 Å². The van der Waals surface area contributed by atoms with Crippen LogP contribution >= 0.6 is 0 Å². The number of nitrogens with zero attached hydrogens (tertiary/aromatic N) is 1. The molecule has 0 saturated carbocycles. The number of ether oxygens (including phenoxy) is 4. The lowest BCUT2D eigenvalue weighted by atomic mass is 10.2. The van der Waals surface area contributed by atoms with E-state index in [2.05, 4.69) is 23.5 Å². The Hall–Kier alpha value is -1.63. The molecular formula is C18H27NO5. The number of carbonyl (C=O) groups is 1. The van der Waals surface area contributed by atoms with Gasteiger partial charge in [0.05, 0.1) is 38.1 Å². The molecule has 0 N–H and O–H groups in total. The maximum Gasteiger partial charge on any atom is 0.337 e. The third-order valence-corrected chi connectivity index (χ3v) is 3.82. The van der Waals surface area contributed by atoms with E-state index in [1.54, 1.807) is 24.3 Å². The van der Waals surface area contributed by atoms with Crippen LogP contribution in [0.3, 0.4) is 0 Å². The molecule has 0 aliphatic carbocycles. The van der Waals surface area contributed by atoms with Crippen LogP contribution in [0.2, 0.25) is 0 Å². The molecule has 2 atom stereocenters. The Kier molecular flexibility index (Phi) is 7.49. The maximum atomic E-state index is 11.3. The summed E-state index contributed by atoms with van der Waals surface area (Å²) in [5.41, 5.74) is 0.509. The first-order valence-electron chi connectivity index (χ1n) is 8.35. The number of benzene rings is 1. The fourth-order valence-electron chi connectivity index (χ4n) is 2.79. The largest absolute Gasteiger partial charge is 0.491 e. The van der Waals surface area contributed by atoms with Gasteiger partial charge in [-0.15, -0.1) is 0 Å². The molecule has 0 radical (unpaired) electrons. The first-order valence-corrected chi connectivity index (χ1v) is 8.35. The second-order valence-electron chi connectivity index (χ2n) is 5.99. The highest BCUT2D eigenvalue weighted by atomic mass is 16.5. The van der Waals surface area contributed by atoms with Crippen molar-refractivity contribution < 1.29 is 23.7 Å². The fraction of sp³-hybridized carbons (Fsp3) is 0.611. The molecule has 1 heterocycles. The van der Waals surface area contributed by atoms with Gasteiger partial charge in [-0.2, -0.15) is 0 Å². The molecule has 6 nitrogen and oxygen atoms in total. The first-order chi connectivity index (χ1) is 11.6. The highest BCUT2D eigenvalue weighted by Crippen LogP contribution is 2.13. The van der Waals surface area contributed by atoms with Crippen LogP contribution in [-0.4, -0.2) is 69.6 Å². The molecule has 2 unspecified atom stereocenters. The van der Waals surface area contributed by atoms with Crippen molar-refractivity contribution in [2.45, 2.75) is 26.1 Å². The summed E-state index contributed by atoms with van der Waals surface area (Å²) >= 11 is 0. The average Bonchev–Trinajstić information content (AvgIpc) is 2.57. The average molecular weight is 337 g/mol. The summed E-state index contributed by atoms with van der Waals surface area (Å²) < 4.78 is 21.6. The zero-order valence-corrected chi connectivity index (χ0v) is 14.7. The minimum absolute atomic E-state index is 0.282. The quantitative estimate of drug-likeness (QED) is 0.534. The number of carbonyl (C=O) groups excluding carboxylic acids is 1. The molecular weight excluding hydrogens is 310 g/mol. The Labute approximate surface area is 143 Å². The molecule has 0 amide bonds. The van der Waals surface area contributed by atoms with Gasteiger partial charge in [-0.1, -0.05) is 0 Å². The highest BCUT2D eigenvalue weighted by molar-refractivity contribution is 5.89. The van der Waals surface area contributed by atoms with E-state index in [1.807, 2.05) is 0 Å². The Balaban J connectivity index is 1.57. The third kappa shape index (κ3) is 6.11. The lowest BCUT2D eigenvalue weighted by molar-refractivity contribution is -0.0734. The van der Waals surface area contributed by atoms with Crippen LogP contribution in [-0.2, 0) is 14.2 Å². The zero-order valence-electron chi connectivity index (χ0n) is 14.7. The van der Waals surface area contributed by atoms with Crippen LogP contribution in [0.5, 0.6) is 5.75 Å². The zero-order chi connectivity index (χ0) is 17.4. The molecule has 1 aromatic rings. The standard InChI is InChI=1S/C18H27NO5/c1-14-12-19(13-15(2)24-14)8-9-22-10-11-23-17-6-4-16(5-7-17)18(20)21-3/h4-7,14-15H,8-13H2,1-3H3. The number of hydrogen-bond acceptors (Lipinski definition) is 6. The van der Waals surface area contributed by atoms with Gasteiger partial charge in [0, 0.05) is 19.6 Å². The van der Waals surface area contributed by atoms with Crippen molar-refractivity contribution >= 4 is 5.97 Å². The molecule has 1 aromatic carbocycles. The maximum absolute atomic E-state index is 11.3. The van der Waals surface area contributed by atoms with Gasteiger partial charge < -0.3 is 18.9 Å². The van der Waals surface area contributed by atoms with E-state index >= 15 is 0 Å². The number of morpholine rings is 1. The molecule has 134 valence electrons. The summed E-state index contributed by atoms with van der Waals surface area (Å²) in [4.78, 5) is 13.7. The van der Waals surface area contributed by atoms with E-state index in [1.165, 1.54) is 7.11 Å². The lowest BCUT2D eigenvalue weighted by Crippen LogP contribution is -2.46. The summed E-state index contributed by atoms with van der Waals surface area (Å²) in [6, 6.07) is 6.87. The molecule has 1 fully saturated rings. The van der Waals surface area contributed by atoms with Crippen LogP contribution in [0.15, 0.2) is 24.3 Å². The van der Waals surface area contributed by atoms with Gasteiger partial charge in [0.25, 0.3) is 0 Å². The van der Waals surface area contributed by atoms with Crippen LogP contribution in [0.1, 0.15) is 24.2 Å². The van der Waals surface area contributed by atoms with Crippen LogP contribution in [0, 0.1) is 0 Å². The Bertz CT molecular complexity index is 495. The molecule has 2 rings (SSSR count). The number of methoxy groups -OCH3 is 1. The molecule has 6 heteroatoms. The smallest absolute Gasteiger partial charge is 0.337 e. The second kappa shape index (κ2) is 9.61. The Morgan fingerprint density at radius 1 is 1.12 bits per heavy atom. The Morgan fingerprint density at radius 3 is 2.42 bits per heavy atom. The van der Waals surface area contributed by atoms with Gasteiger partial charge in [0.1, 0.15) is 12.4 Å². The summed E-state index contributed by atoms with van der Waals surface area (Å²) in [6.07, 6.45) is 0.565. The van der Waals surface area contributed by atoms with Crippen LogP contribution < -0.4 is 4.74 Å². The topological polar surface area (TPSA) is 57.2 Å². The second-order valence-corrected chi connectivity index (χ2v) is 5.99. The third-order valence-electron chi connectivity index (χ3n) is 3.82. The van der Waals surface area contributed by atoms with E-state index < -0.39 is 0 Å². The van der Waals surface area contributed by atoms with E-state index in [-0.39, 0.29) is 18.2 Å². The molecule has 1 aliphatic rings. The van der Waals surface area contributed by atoms with Gasteiger partial charge in [-0.05, 0) is 38.1 Å². The van der Waals surface area contributed by atoms with Crippen molar-refractivity contribution in [2.75, 3.05) is 46.6 Å². The number of esters is 1. The molecule has 1 saturated heterocycles. The molecule has 0 spiro atoms. The molecule has 1 aliphatic heterocycles. The van der Waals surface area contributed by atoms with Crippen molar-refractivity contribution in [1.82, 2.24) is 4.90 Å². The summed E-state index contributed by atoms with van der Waals surface area (Å²) in [5, 5.41) is 0. The highest BCUT2D eigenvalue weighted by Gasteiger charge is 2.21. The van der Waals surface area contributed by atoms with E-state index in [4.69, 9.17) is 14.2 Å². The molecule has 24 heavy (non-hydrogen) atoms. The van der Waals surface area contributed by atoms with Gasteiger partial charge in [0.2, 0.25) is 0 Å². The lowest BCUT2D eigenvalue weighted by Gasteiger charge is -2.35. The van der Waals surface area contributed by atoms with Gasteiger partial charge in [0.15, 0.2) is 0 Å². The molecule has 0 bridgehead atoms. The predicted octanol–water partition coefficient (Wildman–Crippen LogP) is 1.98. The monoisotopic (exact) mass is 337 g/mol. The van der Waals surface area contributed by atoms with Crippen molar-refractivity contribution in [2.24, 2.45) is 0 Å². The summed E-state index contributed by atoms with van der Waals surface area (Å²) in [7, 11) is 1.36. The normalized spacial score (nSPS) is 21.5. The van der Waals surface area contributed by atoms with Gasteiger partial charge in [-0.3, -0.25) is 4.90 Å². The fourth-order valence-corrected chi connectivity index (χ4v) is 2.79. The minimum atomic E-state index is -0.350. The van der Waals surface area contributed by atoms with E-state index in [9.17, 15) is 4.79 Å². The van der Waals surface area contributed by atoms with E-state index in [0.717, 1.165) is 19.6 Å². The summed E-state index contributed by atoms with van der Waals surface area (Å²) in [5.74, 6) is 0.360. The van der Waals surface area contributed by atoms with Gasteiger partial charge >= 0.3 is 5.97 Å². The number of rotatable bonds is 8. The van der Waals surface area contributed by atoms with Crippen LogP contribution in [0.25, 0.3) is 0 Å². The van der Waals surface area contributed by atoms with Crippen molar-refractivity contribution in [3.63, 3.8) is 0 Å². The van der Waals surface area contributed by atoms with Crippen molar-refractivity contribution in [3.8, 4) is 5.75 Å². The SMILES string of the molecule is COC(=O)c1ccc(OCCOCCN2CC(C)OC(C)C2)cc1.